The van der Waals surface area contributed by atoms with Gasteiger partial charge in [0.05, 0.1) is 23.6 Å². The smallest absolute Gasteiger partial charge is 0.114 e. The van der Waals surface area contributed by atoms with E-state index in [4.69, 9.17) is 4.98 Å². The largest absolute Gasteiger partial charge is 0.325 e. The second-order valence-corrected chi connectivity index (χ2v) is 5.38. The molecule has 0 aliphatic rings. The van der Waals surface area contributed by atoms with Gasteiger partial charge >= 0.3 is 0 Å². The zero-order valence-corrected chi connectivity index (χ0v) is 12.4. The molecule has 4 nitrogen and oxygen atoms in total. The van der Waals surface area contributed by atoms with Crippen molar-refractivity contribution >= 4 is 11.0 Å². The molecule has 0 aliphatic carbocycles. The molecule has 1 heterocycles. The fourth-order valence-electron chi connectivity index (χ4n) is 2.46. The summed E-state index contributed by atoms with van der Waals surface area (Å²) in [5.74, 6) is 1.07. The molecule has 1 unspecified atom stereocenters. The fourth-order valence-corrected chi connectivity index (χ4v) is 2.46. The van der Waals surface area contributed by atoms with Crippen LogP contribution in [0.25, 0.3) is 11.0 Å². The first-order valence-corrected chi connectivity index (χ1v) is 7.25. The van der Waals surface area contributed by atoms with Crippen molar-refractivity contribution in [2.75, 3.05) is 0 Å². The van der Waals surface area contributed by atoms with E-state index >= 15 is 0 Å². The normalized spacial score (nSPS) is 12.8. The maximum atomic E-state index is 9.32. The number of para-hydroxylation sites is 2. The van der Waals surface area contributed by atoms with Crippen LogP contribution >= 0.6 is 0 Å². The molecule has 0 radical (unpaired) electrons. The van der Waals surface area contributed by atoms with Crippen molar-refractivity contribution in [2.45, 2.75) is 52.2 Å². The Morgan fingerprint density at radius 2 is 2.10 bits per heavy atom. The van der Waals surface area contributed by atoms with Gasteiger partial charge in [-0.05, 0) is 32.4 Å². The predicted octanol–water partition coefficient (Wildman–Crippen LogP) is 2.88. The van der Waals surface area contributed by atoms with Gasteiger partial charge in [0.2, 0.25) is 0 Å². The van der Waals surface area contributed by atoms with Gasteiger partial charge in [-0.1, -0.05) is 19.1 Å². The van der Waals surface area contributed by atoms with Crippen LogP contribution in [-0.4, -0.2) is 21.6 Å². The highest BCUT2D eigenvalue weighted by atomic mass is 15.1. The van der Waals surface area contributed by atoms with Crippen LogP contribution in [0, 0.1) is 11.3 Å². The summed E-state index contributed by atoms with van der Waals surface area (Å²) in [5.41, 5.74) is 2.12. The van der Waals surface area contributed by atoms with Gasteiger partial charge in [-0.25, -0.2) is 4.98 Å². The molecule has 2 aromatic rings. The third-order valence-electron chi connectivity index (χ3n) is 3.26. The zero-order valence-electron chi connectivity index (χ0n) is 12.4. The number of benzene rings is 1. The average Bonchev–Trinajstić information content (AvgIpc) is 2.76. The third-order valence-corrected chi connectivity index (χ3v) is 3.26. The Balaban J connectivity index is 2.35. The van der Waals surface area contributed by atoms with Crippen molar-refractivity contribution in [2.24, 2.45) is 0 Å². The van der Waals surface area contributed by atoms with Crippen molar-refractivity contribution in [1.82, 2.24) is 14.9 Å². The van der Waals surface area contributed by atoms with Gasteiger partial charge in [0.15, 0.2) is 0 Å². The monoisotopic (exact) mass is 270 g/mol. The molecule has 0 fully saturated rings. The van der Waals surface area contributed by atoms with Crippen LogP contribution in [0.3, 0.4) is 0 Å². The van der Waals surface area contributed by atoms with Gasteiger partial charge in [-0.15, -0.1) is 0 Å². The highest BCUT2D eigenvalue weighted by Crippen LogP contribution is 2.17. The molecule has 0 aliphatic heterocycles. The van der Waals surface area contributed by atoms with E-state index in [0.29, 0.717) is 12.6 Å². The van der Waals surface area contributed by atoms with E-state index in [1.54, 1.807) is 0 Å². The molecular formula is C16H22N4. The number of imidazole rings is 1. The Labute approximate surface area is 120 Å². The summed E-state index contributed by atoms with van der Waals surface area (Å²) in [6.45, 7) is 6.91. The van der Waals surface area contributed by atoms with Crippen LogP contribution < -0.4 is 5.32 Å². The maximum absolute atomic E-state index is 9.32. The maximum Gasteiger partial charge on any atom is 0.114 e. The number of aryl methyl sites for hydroxylation is 1. The van der Waals surface area contributed by atoms with Crippen molar-refractivity contribution < 1.29 is 0 Å². The van der Waals surface area contributed by atoms with Crippen LogP contribution in [0.15, 0.2) is 24.3 Å². The quantitative estimate of drug-likeness (QED) is 0.878. The number of hydrogen-bond acceptors (Lipinski definition) is 3. The number of fused-ring (bicyclic) bond motifs is 1. The van der Waals surface area contributed by atoms with Crippen molar-refractivity contribution in [3.8, 4) is 6.07 Å². The van der Waals surface area contributed by atoms with Gasteiger partial charge in [-0.2, -0.15) is 5.26 Å². The Bertz CT molecular complexity index is 606. The van der Waals surface area contributed by atoms with Crippen LogP contribution in [0.1, 0.15) is 33.0 Å². The van der Waals surface area contributed by atoms with Crippen LogP contribution in [-0.2, 0) is 13.0 Å². The molecule has 0 spiro atoms. The number of rotatable bonds is 6. The second kappa shape index (κ2) is 6.53. The van der Waals surface area contributed by atoms with Crippen molar-refractivity contribution in [1.29, 1.82) is 5.26 Å². The lowest BCUT2D eigenvalue weighted by molar-refractivity contribution is 0.474. The number of nitriles is 1. The van der Waals surface area contributed by atoms with Crippen molar-refractivity contribution in [3.05, 3.63) is 30.1 Å². The number of nitrogens with zero attached hydrogens (tertiary/aromatic N) is 3. The molecule has 0 bridgehead atoms. The molecule has 0 amide bonds. The van der Waals surface area contributed by atoms with E-state index in [1.807, 2.05) is 18.2 Å². The first-order valence-electron chi connectivity index (χ1n) is 7.25. The second-order valence-electron chi connectivity index (χ2n) is 5.38. The lowest BCUT2D eigenvalue weighted by atomic mass is 10.2. The molecule has 4 heteroatoms. The molecule has 106 valence electrons. The molecule has 1 aromatic heterocycles. The highest BCUT2D eigenvalue weighted by molar-refractivity contribution is 5.75. The molecule has 1 N–H and O–H groups in total. The SMILES string of the molecule is CCCc1nc2ccccc2n1CC(C#N)NC(C)C. The van der Waals surface area contributed by atoms with E-state index in [9.17, 15) is 5.26 Å². The minimum Gasteiger partial charge on any atom is -0.325 e. The number of aromatic nitrogens is 2. The molecule has 0 saturated heterocycles. The van der Waals surface area contributed by atoms with Crippen LogP contribution in [0.4, 0.5) is 0 Å². The minimum absolute atomic E-state index is 0.191. The summed E-state index contributed by atoms with van der Waals surface area (Å²) in [4.78, 5) is 4.69. The first kappa shape index (κ1) is 14.5. The Kier molecular flexibility index (Phi) is 4.75. The van der Waals surface area contributed by atoms with Crippen LogP contribution in [0.2, 0.25) is 0 Å². The van der Waals surface area contributed by atoms with Gasteiger partial charge in [0.1, 0.15) is 11.9 Å². The van der Waals surface area contributed by atoms with E-state index in [0.717, 1.165) is 29.7 Å². The molecule has 1 aromatic carbocycles. The van der Waals surface area contributed by atoms with E-state index in [2.05, 4.69) is 42.8 Å². The average molecular weight is 270 g/mol. The van der Waals surface area contributed by atoms with Gasteiger partial charge in [-0.3, -0.25) is 5.32 Å². The van der Waals surface area contributed by atoms with Crippen molar-refractivity contribution in [3.63, 3.8) is 0 Å². The lowest BCUT2D eigenvalue weighted by Gasteiger charge is -2.17. The highest BCUT2D eigenvalue weighted by Gasteiger charge is 2.15. The summed E-state index contributed by atoms with van der Waals surface area (Å²) in [6.07, 6.45) is 1.99. The summed E-state index contributed by atoms with van der Waals surface area (Å²) in [6, 6.07) is 10.6. The fraction of sp³-hybridized carbons (Fsp3) is 0.500. The summed E-state index contributed by atoms with van der Waals surface area (Å²) in [5, 5.41) is 12.6. The first-order chi connectivity index (χ1) is 9.65. The van der Waals surface area contributed by atoms with E-state index in [1.165, 1.54) is 0 Å². The lowest BCUT2D eigenvalue weighted by Crippen LogP contribution is -2.37. The molecule has 20 heavy (non-hydrogen) atoms. The van der Waals surface area contributed by atoms with Gasteiger partial charge in [0, 0.05) is 12.5 Å². The molecule has 1 atom stereocenters. The van der Waals surface area contributed by atoms with Gasteiger partial charge < -0.3 is 4.57 Å². The van der Waals surface area contributed by atoms with Gasteiger partial charge in [0.25, 0.3) is 0 Å². The summed E-state index contributed by atoms with van der Waals surface area (Å²) in [7, 11) is 0. The third kappa shape index (κ3) is 3.17. The Morgan fingerprint density at radius 1 is 1.35 bits per heavy atom. The minimum atomic E-state index is -0.191. The van der Waals surface area contributed by atoms with E-state index < -0.39 is 0 Å². The topological polar surface area (TPSA) is 53.6 Å². The summed E-state index contributed by atoms with van der Waals surface area (Å²) >= 11 is 0. The summed E-state index contributed by atoms with van der Waals surface area (Å²) < 4.78 is 2.18. The Morgan fingerprint density at radius 3 is 2.75 bits per heavy atom. The number of hydrogen-bond donors (Lipinski definition) is 1. The standard InChI is InChI=1S/C16H22N4/c1-4-7-16-19-14-8-5-6-9-15(14)20(16)11-13(10-17)18-12(2)3/h5-6,8-9,12-13,18H,4,7,11H2,1-3H3. The Hall–Kier alpha value is -1.86. The van der Waals surface area contributed by atoms with Crippen LogP contribution in [0.5, 0.6) is 0 Å². The number of nitrogens with one attached hydrogen (secondary N) is 1. The molecule has 0 saturated carbocycles. The predicted molar refractivity (Wildman–Crippen MR) is 81.4 cm³/mol. The molecular weight excluding hydrogens is 248 g/mol. The molecule has 2 rings (SSSR count). The van der Waals surface area contributed by atoms with E-state index in [-0.39, 0.29) is 6.04 Å². The zero-order chi connectivity index (χ0) is 14.5.